The van der Waals surface area contributed by atoms with E-state index in [-0.39, 0.29) is 28.8 Å². The SMILES string of the molecule is CN1CCN(Cc2ccc(C(=O)NCc3c(F)cccc3Cl)o2)CC1. The third kappa shape index (κ3) is 4.60. The molecule has 0 spiro atoms. The molecule has 2 aromatic rings. The number of piperazine rings is 1. The number of rotatable bonds is 5. The third-order valence-corrected chi connectivity index (χ3v) is 4.70. The van der Waals surface area contributed by atoms with Crippen molar-refractivity contribution in [3.8, 4) is 0 Å². The minimum Gasteiger partial charge on any atom is -0.455 e. The van der Waals surface area contributed by atoms with Gasteiger partial charge >= 0.3 is 0 Å². The number of hydrogen-bond donors (Lipinski definition) is 1. The van der Waals surface area contributed by atoms with Crippen molar-refractivity contribution in [3.05, 3.63) is 58.3 Å². The molecule has 1 aliphatic heterocycles. The molecule has 1 saturated heterocycles. The van der Waals surface area contributed by atoms with E-state index in [2.05, 4.69) is 22.2 Å². The second-order valence-corrected chi connectivity index (χ2v) is 6.64. The number of carbonyl (C=O) groups excluding carboxylic acids is 1. The first-order valence-electron chi connectivity index (χ1n) is 8.23. The van der Waals surface area contributed by atoms with E-state index in [1.165, 1.54) is 12.1 Å². The number of likely N-dealkylation sites (N-methyl/N-ethyl adjacent to an activating group) is 1. The first kappa shape index (κ1) is 17.9. The molecule has 3 rings (SSSR count). The first-order valence-corrected chi connectivity index (χ1v) is 8.61. The average molecular weight is 366 g/mol. The fraction of sp³-hybridized carbons (Fsp3) is 0.389. The van der Waals surface area contributed by atoms with Gasteiger partial charge < -0.3 is 14.6 Å². The van der Waals surface area contributed by atoms with E-state index in [0.29, 0.717) is 6.54 Å². The van der Waals surface area contributed by atoms with Crippen LogP contribution in [0.3, 0.4) is 0 Å². The quantitative estimate of drug-likeness (QED) is 0.885. The Morgan fingerprint density at radius 1 is 1.24 bits per heavy atom. The van der Waals surface area contributed by atoms with Crippen molar-refractivity contribution in [2.45, 2.75) is 13.1 Å². The summed E-state index contributed by atoms with van der Waals surface area (Å²) in [4.78, 5) is 16.8. The number of furan rings is 1. The normalized spacial score (nSPS) is 16.1. The van der Waals surface area contributed by atoms with Crippen LogP contribution in [0.2, 0.25) is 5.02 Å². The first-order chi connectivity index (χ1) is 12.0. The van der Waals surface area contributed by atoms with Crippen molar-refractivity contribution in [2.24, 2.45) is 0 Å². The Morgan fingerprint density at radius 2 is 2.00 bits per heavy atom. The van der Waals surface area contributed by atoms with Gasteiger partial charge in [0.2, 0.25) is 0 Å². The highest BCUT2D eigenvalue weighted by Gasteiger charge is 2.17. The van der Waals surface area contributed by atoms with Gasteiger partial charge in [-0.05, 0) is 31.3 Å². The molecule has 0 radical (unpaired) electrons. The standard InChI is InChI=1S/C18H21ClFN3O2/c1-22-7-9-23(10-8-22)12-13-5-6-17(25-13)18(24)21-11-14-15(19)3-2-4-16(14)20/h2-6H,7-12H2,1H3,(H,21,24). The molecule has 5 nitrogen and oxygen atoms in total. The molecule has 1 N–H and O–H groups in total. The molecule has 7 heteroatoms. The monoisotopic (exact) mass is 365 g/mol. The average Bonchev–Trinajstić information content (AvgIpc) is 3.05. The van der Waals surface area contributed by atoms with Crippen molar-refractivity contribution < 1.29 is 13.6 Å². The molecule has 25 heavy (non-hydrogen) atoms. The highest BCUT2D eigenvalue weighted by molar-refractivity contribution is 6.31. The molecule has 1 fully saturated rings. The Kier molecular flexibility index (Phi) is 5.73. The number of hydrogen-bond acceptors (Lipinski definition) is 4. The van der Waals surface area contributed by atoms with Crippen molar-refractivity contribution in [2.75, 3.05) is 33.2 Å². The predicted octanol–water partition coefficient (Wildman–Crippen LogP) is 2.75. The maximum absolute atomic E-state index is 13.7. The van der Waals surface area contributed by atoms with Gasteiger partial charge in [-0.25, -0.2) is 4.39 Å². The van der Waals surface area contributed by atoms with Crippen LogP contribution in [-0.4, -0.2) is 48.9 Å². The number of halogens is 2. The van der Waals surface area contributed by atoms with Gasteiger partial charge in [-0.2, -0.15) is 0 Å². The molecule has 1 amide bonds. The smallest absolute Gasteiger partial charge is 0.287 e. The van der Waals surface area contributed by atoms with E-state index in [9.17, 15) is 9.18 Å². The van der Waals surface area contributed by atoms with Crippen LogP contribution >= 0.6 is 11.6 Å². The van der Waals surface area contributed by atoms with Crippen molar-refractivity contribution in [1.82, 2.24) is 15.1 Å². The highest BCUT2D eigenvalue weighted by atomic mass is 35.5. The summed E-state index contributed by atoms with van der Waals surface area (Å²) < 4.78 is 19.4. The van der Waals surface area contributed by atoms with Crippen LogP contribution < -0.4 is 5.32 Å². The van der Waals surface area contributed by atoms with E-state index >= 15 is 0 Å². The van der Waals surface area contributed by atoms with Gasteiger partial charge in [-0.3, -0.25) is 9.69 Å². The van der Waals surface area contributed by atoms with Crippen LogP contribution in [0.25, 0.3) is 0 Å². The molecule has 1 aliphatic rings. The van der Waals surface area contributed by atoms with Crippen molar-refractivity contribution in [1.29, 1.82) is 0 Å². The van der Waals surface area contributed by atoms with Gasteiger partial charge in [0.25, 0.3) is 5.91 Å². The Bertz CT molecular complexity index is 721. The fourth-order valence-electron chi connectivity index (χ4n) is 2.77. The number of carbonyl (C=O) groups is 1. The van der Waals surface area contributed by atoms with Crippen molar-refractivity contribution >= 4 is 17.5 Å². The lowest BCUT2D eigenvalue weighted by molar-refractivity contribution is 0.0916. The predicted molar refractivity (Wildman–Crippen MR) is 94.1 cm³/mol. The molecular formula is C18H21ClFN3O2. The maximum atomic E-state index is 13.7. The zero-order chi connectivity index (χ0) is 17.8. The van der Waals surface area contributed by atoms with Gasteiger partial charge in [0.05, 0.1) is 6.54 Å². The Morgan fingerprint density at radius 3 is 2.72 bits per heavy atom. The topological polar surface area (TPSA) is 48.7 Å². The maximum Gasteiger partial charge on any atom is 0.287 e. The summed E-state index contributed by atoms with van der Waals surface area (Å²) in [7, 11) is 2.11. The Labute approximate surface area is 151 Å². The lowest BCUT2D eigenvalue weighted by atomic mass is 10.2. The number of nitrogens with one attached hydrogen (secondary N) is 1. The molecule has 0 saturated carbocycles. The molecule has 1 aromatic carbocycles. The van der Waals surface area contributed by atoms with Crippen LogP contribution in [0, 0.1) is 5.82 Å². The zero-order valence-electron chi connectivity index (χ0n) is 14.1. The lowest BCUT2D eigenvalue weighted by Crippen LogP contribution is -2.43. The minimum atomic E-state index is -0.442. The van der Waals surface area contributed by atoms with Crippen molar-refractivity contribution in [3.63, 3.8) is 0 Å². The molecule has 0 aliphatic carbocycles. The largest absolute Gasteiger partial charge is 0.455 e. The molecular weight excluding hydrogens is 345 g/mol. The Hall–Kier alpha value is -1.89. The summed E-state index contributed by atoms with van der Waals surface area (Å²) in [6.07, 6.45) is 0. The van der Waals surface area contributed by atoms with Crippen LogP contribution in [-0.2, 0) is 13.1 Å². The summed E-state index contributed by atoms with van der Waals surface area (Å²) >= 11 is 5.96. The second kappa shape index (κ2) is 7.99. The minimum absolute atomic E-state index is 0.0127. The Balaban J connectivity index is 1.55. The fourth-order valence-corrected chi connectivity index (χ4v) is 3.00. The summed E-state index contributed by atoms with van der Waals surface area (Å²) in [6.45, 7) is 4.70. The number of benzene rings is 1. The molecule has 0 bridgehead atoms. The second-order valence-electron chi connectivity index (χ2n) is 6.23. The number of nitrogens with zero attached hydrogens (tertiary/aromatic N) is 2. The molecule has 0 unspecified atom stereocenters. The van der Waals surface area contributed by atoms with E-state index in [1.54, 1.807) is 12.1 Å². The van der Waals surface area contributed by atoms with Crippen LogP contribution in [0.4, 0.5) is 4.39 Å². The van der Waals surface area contributed by atoms with E-state index in [1.807, 2.05) is 6.07 Å². The zero-order valence-corrected chi connectivity index (χ0v) is 14.9. The molecule has 134 valence electrons. The highest BCUT2D eigenvalue weighted by Crippen LogP contribution is 2.19. The van der Waals surface area contributed by atoms with Crippen LogP contribution in [0.15, 0.2) is 34.7 Å². The summed E-state index contributed by atoms with van der Waals surface area (Å²) in [5.41, 5.74) is 0.265. The van der Waals surface area contributed by atoms with Crippen LogP contribution in [0.5, 0.6) is 0 Å². The van der Waals surface area contributed by atoms with Crippen LogP contribution in [0.1, 0.15) is 21.9 Å². The molecule has 0 atom stereocenters. The summed E-state index contributed by atoms with van der Waals surface area (Å²) in [5, 5.41) is 2.93. The lowest BCUT2D eigenvalue weighted by Gasteiger charge is -2.31. The molecule has 2 heterocycles. The van der Waals surface area contributed by atoms with E-state index < -0.39 is 5.82 Å². The van der Waals surface area contributed by atoms with Gasteiger partial charge in [-0.1, -0.05) is 17.7 Å². The van der Waals surface area contributed by atoms with Gasteiger partial charge in [0, 0.05) is 43.3 Å². The van der Waals surface area contributed by atoms with Gasteiger partial charge in [-0.15, -0.1) is 0 Å². The van der Waals surface area contributed by atoms with Gasteiger partial charge in [0.1, 0.15) is 11.6 Å². The summed E-state index contributed by atoms with van der Waals surface area (Å²) in [5.74, 6) is 0.141. The van der Waals surface area contributed by atoms with E-state index in [4.69, 9.17) is 16.0 Å². The number of amides is 1. The van der Waals surface area contributed by atoms with Gasteiger partial charge in [0.15, 0.2) is 5.76 Å². The third-order valence-electron chi connectivity index (χ3n) is 4.35. The summed E-state index contributed by atoms with van der Waals surface area (Å²) in [6, 6.07) is 7.88. The molecule has 1 aromatic heterocycles. The van der Waals surface area contributed by atoms with E-state index in [0.717, 1.165) is 31.9 Å².